The van der Waals surface area contributed by atoms with Crippen molar-refractivity contribution in [3.8, 4) is 17.2 Å². The summed E-state index contributed by atoms with van der Waals surface area (Å²) in [6.07, 6.45) is -0.901. The molecule has 2 aromatic carbocycles. The van der Waals surface area contributed by atoms with Crippen LogP contribution in [0, 0.1) is 10.1 Å². The second-order valence-corrected chi connectivity index (χ2v) is 4.99. The Morgan fingerprint density at radius 3 is 2.75 bits per heavy atom. The molecular weight excluding hydrogens is 316 g/mol. The van der Waals surface area contributed by atoms with Crippen LogP contribution in [-0.4, -0.2) is 30.7 Å². The van der Waals surface area contributed by atoms with Crippen molar-refractivity contribution in [3.63, 3.8) is 0 Å². The number of nitrogens with zero attached hydrogens (tertiary/aromatic N) is 1. The maximum absolute atomic E-state index is 12.3. The van der Waals surface area contributed by atoms with Crippen LogP contribution < -0.4 is 19.5 Å². The number of amides is 1. The van der Waals surface area contributed by atoms with Gasteiger partial charge in [-0.2, -0.15) is 0 Å². The monoisotopic (exact) mass is 330 g/mol. The first-order valence-corrected chi connectivity index (χ1v) is 7.10. The van der Waals surface area contributed by atoms with E-state index in [1.165, 1.54) is 25.3 Å². The number of benzene rings is 2. The molecule has 0 aromatic heterocycles. The molecule has 3 rings (SSSR count). The van der Waals surface area contributed by atoms with Gasteiger partial charge in [0.05, 0.1) is 18.1 Å². The minimum Gasteiger partial charge on any atom is -0.496 e. The van der Waals surface area contributed by atoms with Gasteiger partial charge < -0.3 is 19.5 Å². The normalized spacial score (nSPS) is 15.5. The van der Waals surface area contributed by atoms with Crippen LogP contribution in [0.25, 0.3) is 0 Å². The fourth-order valence-electron chi connectivity index (χ4n) is 2.26. The molecule has 8 nitrogen and oxygen atoms in total. The number of nitrogens with one attached hydrogen (secondary N) is 1. The highest BCUT2D eigenvalue weighted by molar-refractivity contribution is 5.96. The number of nitro groups is 1. The summed E-state index contributed by atoms with van der Waals surface area (Å²) in [6, 6.07) is 11.1. The average Bonchev–Trinajstić information content (AvgIpc) is 2.61. The summed E-state index contributed by atoms with van der Waals surface area (Å²) >= 11 is 0. The standard InChI is InChI=1S/C16H14N2O6/c1-22-10-6-7-11(12(8-10)18(20)21)17-16(19)15-9-23-13-4-2-3-5-14(13)24-15/h2-8,15H,9H2,1H3,(H,17,19)/t15-/m1/s1. The van der Waals surface area contributed by atoms with Crippen molar-refractivity contribution >= 4 is 17.3 Å². The van der Waals surface area contributed by atoms with Gasteiger partial charge in [0.25, 0.3) is 11.6 Å². The third-order valence-electron chi connectivity index (χ3n) is 3.46. The largest absolute Gasteiger partial charge is 0.496 e. The van der Waals surface area contributed by atoms with Gasteiger partial charge in [-0.15, -0.1) is 0 Å². The van der Waals surface area contributed by atoms with Crippen molar-refractivity contribution in [2.75, 3.05) is 19.0 Å². The highest BCUT2D eigenvalue weighted by Crippen LogP contribution is 2.32. The minimum absolute atomic E-state index is 0.0206. The predicted octanol–water partition coefficient (Wildman–Crippen LogP) is 2.38. The van der Waals surface area contributed by atoms with E-state index in [1.807, 2.05) is 0 Å². The van der Waals surface area contributed by atoms with Crippen molar-refractivity contribution < 1.29 is 23.9 Å². The summed E-state index contributed by atoms with van der Waals surface area (Å²) in [5.74, 6) is 0.800. The summed E-state index contributed by atoms with van der Waals surface area (Å²) < 4.78 is 16.0. The van der Waals surface area contributed by atoms with E-state index in [9.17, 15) is 14.9 Å². The molecule has 0 radical (unpaired) electrons. The van der Waals surface area contributed by atoms with Gasteiger partial charge in [-0.1, -0.05) is 12.1 Å². The van der Waals surface area contributed by atoms with E-state index >= 15 is 0 Å². The van der Waals surface area contributed by atoms with Gasteiger partial charge in [0.2, 0.25) is 6.10 Å². The van der Waals surface area contributed by atoms with Crippen LogP contribution in [0.3, 0.4) is 0 Å². The lowest BCUT2D eigenvalue weighted by atomic mass is 10.2. The van der Waals surface area contributed by atoms with Crippen LogP contribution >= 0.6 is 0 Å². The number of rotatable bonds is 4. The molecule has 1 atom stereocenters. The van der Waals surface area contributed by atoms with Crippen LogP contribution in [0.15, 0.2) is 42.5 Å². The average molecular weight is 330 g/mol. The smallest absolute Gasteiger partial charge is 0.296 e. The Labute approximate surface area is 137 Å². The van der Waals surface area contributed by atoms with Crippen LogP contribution in [0.2, 0.25) is 0 Å². The zero-order chi connectivity index (χ0) is 17.1. The van der Waals surface area contributed by atoms with Crippen LogP contribution in [0.1, 0.15) is 0 Å². The summed E-state index contributed by atoms with van der Waals surface area (Å²) in [4.78, 5) is 22.9. The molecule has 0 spiro atoms. The van der Waals surface area contributed by atoms with Gasteiger partial charge in [0.15, 0.2) is 11.5 Å². The number of carbonyl (C=O) groups is 1. The molecule has 24 heavy (non-hydrogen) atoms. The first-order valence-electron chi connectivity index (χ1n) is 7.10. The lowest BCUT2D eigenvalue weighted by molar-refractivity contribution is -0.384. The quantitative estimate of drug-likeness (QED) is 0.682. The predicted molar refractivity (Wildman–Crippen MR) is 84.6 cm³/mol. The van der Waals surface area contributed by atoms with Gasteiger partial charge in [0, 0.05) is 0 Å². The number of ether oxygens (including phenoxy) is 3. The number of para-hydroxylation sites is 2. The molecule has 124 valence electrons. The van der Waals surface area contributed by atoms with Gasteiger partial charge in [0.1, 0.15) is 18.0 Å². The third kappa shape index (κ3) is 3.07. The summed E-state index contributed by atoms with van der Waals surface area (Å²) in [6.45, 7) is 0.0206. The number of carbonyl (C=O) groups excluding carboxylic acids is 1. The van der Waals surface area contributed by atoms with Crippen LogP contribution in [-0.2, 0) is 4.79 Å². The Bertz CT molecular complexity index is 792. The van der Waals surface area contributed by atoms with Crippen molar-refractivity contribution in [1.29, 1.82) is 0 Å². The Morgan fingerprint density at radius 1 is 1.29 bits per heavy atom. The van der Waals surface area contributed by atoms with E-state index in [0.717, 1.165) is 0 Å². The van der Waals surface area contributed by atoms with E-state index in [2.05, 4.69) is 5.32 Å². The summed E-state index contributed by atoms with van der Waals surface area (Å²) in [5.41, 5.74) is -0.201. The first-order chi connectivity index (χ1) is 11.6. The molecule has 0 saturated heterocycles. The lowest BCUT2D eigenvalue weighted by Gasteiger charge is -2.25. The zero-order valence-corrected chi connectivity index (χ0v) is 12.7. The molecule has 0 unspecified atom stereocenters. The minimum atomic E-state index is -0.901. The third-order valence-corrected chi connectivity index (χ3v) is 3.46. The number of nitro benzene ring substituents is 1. The maximum Gasteiger partial charge on any atom is 0.296 e. The molecular formula is C16H14N2O6. The molecule has 2 aromatic rings. The van der Waals surface area contributed by atoms with E-state index < -0.39 is 16.9 Å². The lowest BCUT2D eigenvalue weighted by Crippen LogP contribution is -2.40. The maximum atomic E-state index is 12.3. The van der Waals surface area contributed by atoms with E-state index in [0.29, 0.717) is 17.2 Å². The molecule has 0 bridgehead atoms. The zero-order valence-electron chi connectivity index (χ0n) is 12.7. The van der Waals surface area contributed by atoms with Gasteiger partial charge in [-0.05, 0) is 24.3 Å². The van der Waals surface area contributed by atoms with Gasteiger partial charge in [-0.25, -0.2) is 0 Å². The second kappa shape index (κ2) is 6.45. The van der Waals surface area contributed by atoms with Gasteiger partial charge >= 0.3 is 0 Å². The number of anilines is 1. The summed E-state index contributed by atoms with van der Waals surface area (Å²) in [7, 11) is 1.40. The molecule has 1 N–H and O–H groups in total. The first kappa shape index (κ1) is 15.6. The van der Waals surface area contributed by atoms with Crippen molar-refractivity contribution in [2.24, 2.45) is 0 Å². The second-order valence-electron chi connectivity index (χ2n) is 4.99. The highest BCUT2D eigenvalue weighted by Gasteiger charge is 2.29. The van der Waals surface area contributed by atoms with Crippen molar-refractivity contribution in [3.05, 3.63) is 52.6 Å². The molecule has 1 heterocycles. The highest BCUT2D eigenvalue weighted by atomic mass is 16.6. The van der Waals surface area contributed by atoms with E-state index in [1.54, 1.807) is 24.3 Å². The number of fused-ring (bicyclic) bond motifs is 1. The number of methoxy groups -OCH3 is 1. The molecule has 1 aliphatic rings. The Balaban J connectivity index is 1.77. The van der Waals surface area contributed by atoms with Gasteiger partial charge in [-0.3, -0.25) is 14.9 Å². The van der Waals surface area contributed by atoms with E-state index in [4.69, 9.17) is 14.2 Å². The summed E-state index contributed by atoms with van der Waals surface area (Å²) in [5, 5.41) is 13.7. The molecule has 0 saturated carbocycles. The van der Waals surface area contributed by atoms with Crippen LogP contribution in [0.4, 0.5) is 11.4 Å². The topological polar surface area (TPSA) is 99.9 Å². The molecule has 0 aliphatic carbocycles. The van der Waals surface area contributed by atoms with Crippen molar-refractivity contribution in [2.45, 2.75) is 6.10 Å². The fourth-order valence-corrected chi connectivity index (χ4v) is 2.26. The molecule has 1 amide bonds. The van der Waals surface area contributed by atoms with Crippen molar-refractivity contribution in [1.82, 2.24) is 0 Å². The fraction of sp³-hybridized carbons (Fsp3) is 0.188. The SMILES string of the molecule is COc1ccc(NC(=O)[C@H]2COc3ccccc3O2)c([N+](=O)[O-])c1. The number of hydrogen-bond donors (Lipinski definition) is 1. The van der Waals surface area contributed by atoms with Crippen LogP contribution in [0.5, 0.6) is 17.2 Å². The molecule has 8 heteroatoms. The molecule has 1 aliphatic heterocycles. The Hall–Kier alpha value is -3.29. The Morgan fingerprint density at radius 2 is 2.04 bits per heavy atom. The van der Waals surface area contributed by atoms with E-state index in [-0.39, 0.29) is 18.0 Å². The molecule has 0 fully saturated rings. The Kier molecular flexibility index (Phi) is 4.19. The number of hydrogen-bond acceptors (Lipinski definition) is 6.